The molecule has 1 aromatic heterocycles. The molecule has 0 spiro atoms. The molecule has 26 heavy (non-hydrogen) atoms. The van der Waals surface area contributed by atoms with E-state index in [0.717, 1.165) is 29.7 Å². The Balaban J connectivity index is 1.41. The van der Waals surface area contributed by atoms with Gasteiger partial charge in [-0.2, -0.15) is 0 Å². The number of carbonyl (C=O) groups excluding carboxylic acids is 1. The monoisotopic (exact) mass is 349 g/mol. The molecule has 1 saturated heterocycles. The van der Waals surface area contributed by atoms with Gasteiger partial charge in [0.15, 0.2) is 0 Å². The van der Waals surface area contributed by atoms with Crippen molar-refractivity contribution in [3.05, 3.63) is 59.9 Å². The van der Waals surface area contributed by atoms with Crippen LogP contribution in [0.3, 0.4) is 0 Å². The number of likely N-dealkylation sites (tertiary alicyclic amines) is 1. The van der Waals surface area contributed by atoms with Crippen LogP contribution >= 0.6 is 0 Å². The largest absolute Gasteiger partial charge is 0.488 e. The molecule has 0 radical (unpaired) electrons. The zero-order valence-corrected chi connectivity index (χ0v) is 14.3. The van der Waals surface area contributed by atoms with E-state index in [1.54, 1.807) is 24.3 Å². The van der Waals surface area contributed by atoms with Gasteiger partial charge < -0.3 is 19.9 Å². The number of piperidine rings is 1. The van der Waals surface area contributed by atoms with Crippen LogP contribution in [0.15, 0.2) is 48.5 Å². The second-order valence-electron chi connectivity index (χ2n) is 6.70. The van der Waals surface area contributed by atoms with Crippen molar-refractivity contribution in [3.63, 3.8) is 0 Å². The summed E-state index contributed by atoms with van der Waals surface area (Å²) in [5.41, 5.74) is 2.97. The minimum absolute atomic E-state index is 0.0213. The lowest BCUT2D eigenvalue weighted by Crippen LogP contribution is -2.38. The predicted octanol–water partition coefficient (Wildman–Crippen LogP) is 1.26. The van der Waals surface area contributed by atoms with Crippen LogP contribution in [0.1, 0.15) is 34.9 Å². The summed E-state index contributed by atoms with van der Waals surface area (Å²) in [6.07, 6.45) is 1.75. The Labute approximate surface area is 151 Å². The SMILES string of the molecule is O=C(c1ccc(B(O)O)cc1)N1CCC(c2nc3ccccc3[nH]2)CC1. The summed E-state index contributed by atoms with van der Waals surface area (Å²) in [6, 6.07) is 14.4. The second kappa shape index (κ2) is 6.94. The normalized spacial score (nSPS) is 15.4. The highest BCUT2D eigenvalue weighted by Gasteiger charge is 2.26. The van der Waals surface area contributed by atoms with Crippen molar-refractivity contribution in [2.75, 3.05) is 13.1 Å². The van der Waals surface area contributed by atoms with E-state index in [2.05, 4.69) is 9.97 Å². The molecule has 0 saturated carbocycles. The zero-order valence-electron chi connectivity index (χ0n) is 14.3. The van der Waals surface area contributed by atoms with Crippen molar-refractivity contribution in [3.8, 4) is 0 Å². The predicted molar refractivity (Wildman–Crippen MR) is 100 cm³/mol. The summed E-state index contributed by atoms with van der Waals surface area (Å²) >= 11 is 0. The third-order valence-corrected chi connectivity index (χ3v) is 5.03. The number of para-hydroxylation sites is 2. The number of hydrogen-bond donors (Lipinski definition) is 3. The van der Waals surface area contributed by atoms with E-state index in [4.69, 9.17) is 10.0 Å². The molecule has 0 unspecified atom stereocenters. The number of H-pyrrole nitrogens is 1. The summed E-state index contributed by atoms with van der Waals surface area (Å²) < 4.78 is 0. The van der Waals surface area contributed by atoms with E-state index < -0.39 is 7.12 Å². The molecule has 4 rings (SSSR count). The van der Waals surface area contributed by atoms with Crippen molar-refractivity contribution in [2.45, 2.75) is 18.8 Å². The van der Waals surface area contributed by atoms with Gasteiger partial charge in [-0.25, -0.2) is 4.98 Å². The van der Waals surface area contributed by atoms with Gasteiger partial charge in [0, 0.05) is 24.6 Å². The number of imidazole rings is 1. The molecule has 132 valence electrons. The molecule has 0 aliphatic carbocycles. The Bertz CT molecular complexity index is 882. The molecule has 1 fully saturated rings. The number of aromatic amines is 1. The molecule has 2 heterocycles. The van der Waals surface area contributed by atoms with Crippen molar-refractivity contribution in [1.29, 1.82) is 0 Å². The number of fused-ring (bicyclic) bond motifs is 1. The van der Waals surface area contributed by atoms with Gasteiger partial charge in [-0.3, -0.25) is 4.79 Å². The van der Waals surface area contributed by atoms with Crippen LogP contribution in [0.25, 0.3) is 11.0 Å². The first-order valence-corrected chi connectivity index (χ1v) is 8.82. The van der Waals surface area contributed by atoms with E-state index >= 15 is 0 Å². The van der Waals surface area contributed by atoms with Crippen LogP contribution in [-0.4, -0.2) is 51.0 Å². The Hall–Kier alpha value is -2.64. The highest BCUT2D eigenvalue weighted by Crippen LogP contribution is 2.28. The lowest BCUT2D eigenvalue weighted by atomic mass is 9.80. The number of benzene rings is 2. The zero-order chi connectivity index (χ0) is 18.1. The number of nitrogens with zero attached hydrogens (tertiary/aromatic N) is 2. The van der Waals surface area contributed by atoms with E-state index in [9.17, 15) is 4.79 Å². The standard InChI is InChI=1S/C19H20BN3O3/c24-19(14-5-7-15(8-6-14)20(25)26)23-11-9-13(10-12-23)18-21-16-3-1-2-4-17(16)22-18/h1-8,13,25-26H,9-12H2,(H,21,22). The van der Waals surface area contributed by atoms with Crippen LogP contribution in [-0.2, 0) is 0 Å². The molecule has 3 aromatic rings. The molecule has 1 aliphatic rings. The quantitative estimate of drug-likeness (QED) is 0.621. The van der Waals surface area contributed by atoms with Crippen LogP contribution < -0.4 is 5.46 Å². The smallest absolute Gasteiger partial charge is 0.423 e. The fourth-order valence-electron chi connectivity index (χ4n) is 3.50. The lowest BCUT2D eigenvalue weighted by molar-refractivity contribution is 0.0711. The first kappa shape index (κ1) is 16.8. The second-order valence-corrected chi connectivity index (χ2v) is 6.70. The summed E-state index contributed by atoms with van der Waals surface area (Å²) in [4.78, 5) is 22.6. The molecule has 3 N–H and O–H groups in total. The van der Waals surface area contributed by atoms with Crippen molar-refractivity contribution in [1.82, 2.24) is 14.9 Å². The molecule has 0 bridgehead atoms. The maximum Gasteiger partial charge on any atom is 0.488 e. The Morgan fingerprint density at radius 3 is 2.42 bits per heavy atom. The van der Waals surface area contributed by atoms with Gasteiger partial charge in [-0.05, 0) is 42.6 Å². The number of nitrogens with one attached hydrogen (secondary N) is 1. The molecular weight excluding hydrogens is 329 g/mol. The maximum atomic E-state index is 12.6. The number of hydrogen-bond acceptors (Lipinski definition) is 4. The number of carbonyl (C=O) groups is 1. The number of amides is 1. The van der Waals surface area contributed by atoms with Crippen molar-refractivity contribution < 1.29 is 14.8 Å². The van der Waals surface area contributed by atoms with E-state index in [1.807, 2.05) is 29.2 Å². The molecule has 1 aliphatic heterocycles. The lowest BCUT2D eigenvalue weighted by Gasteiger charge is -2.31. The third kappa shape index (κ3) is 3.23. The first-order chi connectivity index (χ1) is 12.6. The van der Waals surface area contributed by atoms with E-state index in [1.165, 1.54) is 0 Å². The summed E-state index contributed by atoms with van der Waals surface area (Å²) in [5.74, 6) is 1.31. The van der Waals surface area contributed by atoms with Gasteiger partial charge in [-0.1, -0.05) is 24.3 Å². The molecule has 2 aromatic carbocycles. The Morgan fingerprint density at radius 1 is 1.08 bits per heavy atom. The van der Waals surface area contributed by atoms with Gasteiger partial charge >= 0.3 is 7.12 Å². The first-order valence-electron chi connectivity index (χ1n) is 8.82. The third-order valence-electron chi connectivity index (χ3n) is 5.03. The molecule has 6 nitrogen and oxygen atoms in total. The Kier molecular flexibility index (Phi) is 4.49. The van der Waals surface area contributed by atoms with Crippen LogP contribution in [0.2, 0.25) is 0 Å². The minimum Gasteiger partial charge on any atom is -0.423 e. The van der Waals surface area contributed by atoms with Crippen molar-refractivity contribution >= 4 is 29.5 Å². The average molecular weight is 349 g/mol. The summed E-state index contributed by atoms with van der Waals surface area (Å²) in [7, 11) is -1.52. The van der Waals surface area contributed by atoms with Gasteiger partial charge in [-0.15, -0.1) is 0 Å². The van der Waals surface area contributed by atoms with Crippen LogP contribution in [0.4, 0.5) is 0 Å². The molecular formula is C19H20BN3O3. The van der Waals surface area contributed by atoms with Gasteiger partial charge in [0.05, 0.1) is 11.0 Å². The summed E-state index contributed by atoms with van der Waals surface area (Å²) in [6.45, 7) is 1.37. The van der Waals surface area contributed by atoms with E-state index in [-0.39, 0.29) is 5.91 Å². The highest BCUT2D eigenvalue weighted by atomic mass is 16.4. The molecule has 0 atom stereocenters. The maximum absolute atomic E-state index is 12.6. The fourth-order valence-corrected chi connectivity index (χ4v) is 3.50. The van der Waals surface area contributed by atoms with Crippen LogP contribution in [0.5, 0.6) is 0 Å². The minimum atomic E-state index is -1.52. The van der Waals surface area contributed by atoms with E-state index in [0.29, 0.717) is 30.0 Å². The highest BCUT2D eigenvalue weighted by molar-refractivity contribution is 6.58. The van der Waals surface area contributed by atoms with Gasteiger partial charge in [0.2, 0.25) is 0 Å². The molecule has 1 amide bonds. The van der Waals surface area contributed by atoms with Gasteiger partial charge in [0.25, 0.3) is 5.91 Å². The average Bonchev–Trinajstić information content (AvgIpc) is 3.12. The van der Waals surface area contributed by atoms with Gasteiger partial charge in [0.1, 0.15) is 5.82 Å². The molecule has 7 heteroatoms. The topological polar surface area (TPSA) is 89.4 Å². The van der Waals surface area contributed by atoms with Crippen molar-refractivity contribution in [2.24, 2.45) is 0 Å². The Morgan fingerprint density at radius 2 is 1.77 bits per heavy atom. The number of rotatable bonds is 3. The number of aromatic nitrogens is 2. The fraction of sp³-hybridized carbons (Fsp3) is 0.263. The summed E-state index contributed by atoms with van der Waals surface area (Å²) in [5, 5.41) is 18.3. The van der Waals surface area contributed by atoms with Crippen LogP contribution in [0, 0.1) is 0 Å².